The first-order valence-corrected chi connectivity index (χ1v) is 5.11. The molecule has 0 radical (unpaired) electrons. The fourth-order valence-electron chi connectivity index (χ4n) is 1.69. The van der Waals surface area contributed by atoms with Crippen molar-refractivity contribution in [2.45, 2.75) is 19.1 Å². The minimum atomic E-state index is -0.492. The third kappa shape index (κ3) is 3.15. The van der Waals surface area contributed by atoms with Crippen molar-refractivity contribution in [1.82, 2.24) is 9.73 Å². The molecular weight excluding hydrogens is 187 g/mol. The van der Waals surface area contributed by atoms with E-state index in [0.29, 0.717) is 0 Å². The van der Waals surface area contributed by atoms with Gasteiger partial charge in [-0.3, -0.25) is 4.67 Å². The van der Waals surface area contributed by atoms with E-state index in [1.165, 1.54) is 5.06 Å². The maximum Gasteiger partial charge on any atom is 0.133 e. The van der Waals surface area contributed by atoms with Gasteiger partial charge in [-0.25, -0.2) is 0 Å². The smallest absolute Gasteiger partial charge is 0.133 e. The van der Waals surface area contributed by atoms with E-state index >= 15 is 0 Å². The van der Waals surface area contributed by atoms with Crippen molar-refractivity contribution in [1.29, 1.82) is 0 Å². The molecule has 0 aromatic rings. The van der Waals surface area contributed by atoms with E-state index in [-0.39, 0.29) is 5.92 Å². The predicted molar refractivity (Wildman–Crippen MR) is 54.8 cm³/mol. The molecule has 0 bridgehead atoms. The monoisotopic (exact) mass is 206 g/mol. The van der Waals surface area contributed by atoms with Crippen LogP contribution >= 0.6 is 9.39 Å². The third-order valence-corrected chi connectivity index (χ3v) is 3.04. The Morgan fingerprint density at radius 3 is 2.92 bits per heavy atom. The SMILES string of the molecule is CON(C)C(O)C1CCCN(P)C1. The zero-order valence-corrected chi connectivity index (χ0v) is 9.47. The van der Waals surface area contributed by atoms with Crippen molar-refractivity contribution >= 4 is 9.39 Å². The molecule has 0 amide bonds. The van der Waals surface area contributed by atoms with Gasteiger partial charge in [0.1, 0.15) is 6.23 Å². The molecule has 3 unspecified atom stereocenters. The summed E-state index contributed by atoms with van der Waals surface area (Å²) >= 11 is 0. The zero-order valence-electron chi connectivity index (χ0n) is 8.31. The maximum absolute atomic E-state index is 9.83. The van der Waals surface area contributed by atoms with Gasteiger partial charge in [-0.1, -0.05) is 9.39 Å². The second kappa shape index (κ2) is 5.23. The van der Waals surface area contributed by atoms with Crippen LogP contribution in [-0.2, 0) is 4.84 Å². The molecule has 1 fully saturated rings. The second-order valence-electron chi connectivity index (χ2n) is 3.54. The van der Waals surface area contributed by atoms with Crippen molar-refractivity contribution in [3.05, 3.63) is 0 Å². The lowest BCUT2D eigenvalue weighted by atomic mass is 9.98. The summed E-state index contributed by atoms with van der Waals surface area (Å²) in [5, 5.41) is 11.3. The fraction of sp³-hybridized carbons (Fsp3) is 1.00. The molecule has 0 saturated carbocycles. The van der Waals surface area contributed by atoms with Gasteiger partial charge in [0.05, 0.1) is 7.11 Å². The molecule has 3 atom stereocenters. The molecule has 1 rings (SSSR count). The topological polar surface area (TPSA) is 35.9 Å². The summed E-state index contributed by atoms with van der Waals surface area (Å²) in [5.41, 5.74) is 0. The normalized spacial score (nSPS) is 27.9. The Kier molecular flexibility index (Phi) is 4.56. The molecule has 1 N–H and O–H groups in total. The molecule has 1 aliphatic rings. The van der Waals surface area contributed by atoms with Crippen LogP contribution in [0, 0.1) is 5.92 Å². The van der Waals surface area contributed by atoms with Crippen LogP contribution in [0.4, 0.5) is 0 Å². The molecular formula is C8H19N2O2P. The van der Waals surface area contributed by atoms with E-state index < -0.39 is 6.23 Å². The highest BCUT2D eigenvalue weighted by Gasteiger charge is 2.27. The fourth-order valence-corrected chi connectivity index (χ4v) is 2.14. The highest BCUT2D eigenvalue weighted by molar-refractivity contribution is 7.13. The Labute approximate surface area is 82.1 Å². The van der Waals surface area contributed by atoms with Crippen molar-refractivity contribution in [2.75, 3.05) is 27.2 Å². The van der Waals surface area contributed by atoms with E-state index in [1.54, 1.807) is 14.2 Å². The van der Waals surface area contributed by atoms with Crippen molar-refractivity contribution < 1.29 is 9.94 Å². The van der Waals surface area contributed by atoms with Crippen LogP contribution in [-0.4, -0.2) is 48.3 Å². The minimum absolute atomic E-state index is 0.288. The highest BCUT2D eigenvalue weighted by Crippen LogP contribution is 2.23. The first-order chi connectivity index (χ1) is 6.15. The molecule has 13 heavy (non-hydrogen) atoms. The summed E-state index contributed by atoms with van der Waals surface area (Å²) in [7, 11) is 6.02. The standard InChI is InChI=1S/C8H19N2O2P/c1-9(12-2)8(11)7-4-3-5-10(13)6-7/h7-8,11H,3-6,13H2,1-2H3. The third-order valence-electron chi connectivity index (χ3n) is 2.57. The quantitative estimate of drug-likeness (QED) is 0.409. The number of piperidine rings is 1. The predicted octanol–water partition coefficient (Wildman–Crippen LogP) is 0.300. The molecule has 0 aliphatic carbocycles. The molecule has 1 heterocycles. The van der Waals surface area contributed by atoms with Crippen LogP contribution in [0.3, 0.4) is 0 Å². The molecule has 0 aromatic heterocycles. The van der Waals surface area contributed by atoms with Crippen molar-refractivity contribution in [3.8, 4) is 0 Å². The molecule has 0 aromatic carbocycles. The van der Waals surface area contributed by atoms with Gasteiger partial charge in [0.2, 0.25) is 0 Å². The number of rotatable bonds is 3. The van der Waals surface area contributed by atoms with Gasteiger partial charge < -0.3 is 9.94 Å². The summed E-state index contributed by atoms with van der Waals surface area (Å²) in [4.78, 5) is 4.96. The Morgan fingerprint density at radius 1 is 1.69 bits per heavy atom. The van der Waals surface area contributed by atoms with Gasteiger partial charge in [-0.2, -0.15) is 5.06 Å². The molecule has 0 spiro atoms. The van der Waals surface area contributed by atoms with Crippen molar-refractivity contribution in [3.63, 3.8) is 0 Å². The Balaban J connectivity index is 2.41. The lowest BCUT2D eigenvalue weighted by molar-refractivity contribution is -0.223. The van der Waals surface area contributed by atoms with Gasteiger partial charge in [-0.15, -0.1) is 0 Å². The van der Waals surface area contributed by atoms with Gasteiger partial charge in [0.25, 0.3) is 0 Å². The first-order valence-electron chi connectivity index (χ1n) is 4.59. The van der Waals surface area contributed by atoms with Gasteiger partial charge in [-0.05, 0) is 12.8 Å². The number of aliphatic hydroxyl groups excluding tert-OH is 1. The number of hydrogen-bond donors (Lipinski definition) is 1. The zero-order chi connectivity index (χ0) is 9.84. The minimum Gasteiger partial charge on any atom is -0.376 e. The highest BCUT2D eigenvalue weighted by atomic mass is 31.0. The van der Waals surface area contributed by atoms with Crippen LogP contribution in [0.15, 0.2) is 0 Å². The van der Waals surface area contributed by atoms with Crippen LogP contribution in [0.1, 0.15) is 12.8 Å². The number of nitrogens with zero attached hydrogens (tertiary/aromatic N) is 2. The van der Waals surface area contributed by atoms with E-state index in [2.05, 4.69) is 14.1 Å². The lowest BCUT2D eigenvalue weighted by Gasteiger charge is -2.35. The molecule has 5 heteroatoms. The van der Waals surface area contributed by atoms with Crippen LogP contribution in [0.2, 0.25) is 0 Å². The largest absolute Gasteiger partial charge is 0.376 e. The average Bonchev–Trinajstić information content (AvgIpc) is 2.15. The van der Waals surface area contributed by atoms with E-state index in [1.807, 2.05) is 0 Å². The summed E-state index contributed by atoms with van der Waals surface area (Å²) in [6.07, 6.45) is 1.72. The van der Waals surface area contributed by atoms with E-state index in [4.69, 9.17) is 4.84 Å². The average molecular weight is 206 g/mol. The van der Waals surface area contributed by atoms with Crippen LogP contribution < -0.4 is 0 Å². The number of hydrogen-bond acceptors (Lipinski definition) is 4. The maximum atomic E-state index is 9.83. The van der Waals surface area contributed by atoms with Gasteiger partial charge in [0, 0.05) is 26.1 Å². The van der Waals surface area contributed by atoms with Gasteiger partial charge >= 0.3 is 0 Å². The summed E-state index contributed by atoms with van der Waals surface area (Å²) in [6.45, 7) is 2.02. The summed E-state index contributed by atoms with van der Waals surface area (Å²) in [5.74, 6) is 0.288. The molecule has 4 nitrogen and oxygen atoms in total. The summed E-state index contributed by atoms with van der Waals surface area (Å²) < 4.78 is 2.17. The van der Waals surface area contributed by atoms with E-state index in [9.17, 15) is 5.11 Å². The molecule has 1 saturated heterocycles. The molecule has 1 aliphatic heterocycles. The number of aliphatic hydroxyl groups is 1. The lowest BCUT2D eigenvalue weighted by Crippen LogP contribution is -2.43. The first kappa shape index (κ1) is 11.3. The summed E-state index contributed by atoms with van der Waals surface area (Å²) in [6, 6.07) is 0. The number of hydroxylamine groups is 2. The van der Waals surface area contributed by atoms with Gasteiger partial charge in [0.15, 0.2) is 0 Å². The Morgan fingerprint density at radius 2 is 2.38 bits per heavy atom. The van der Waals surface area contributed by atoms with Crippen molar-refractivity contribution in [2.24, 2.45) is 5.92 Å². The Bertz CT molecular complexity index is 159. The Hall–Kier alpha value is 0.270. The second-order valence-corrected chi connectivity index (χ2v) is 4.27. The molecule has 78 valence electrons. The van der Waals surface area contributed by atoms with Crippen LogP contribution in [0.5, 0.6) is 0 Å². The van der Waals surface area contributed by atoms with Crippen LogP contribution in [0.25, 0.3) is 0 Å². The van der Waals surface area contributed by atoms with E-state index in [0.717, 1.165) is 25.9 Å².